The summed E-state index contributed by atoms with van der Waals surface area (Å²) in [6, 6.07) is 0.0288. The maximum atomic E-state index is 11.4. The van der Waals surface area contributed by atoms with Crippen molar-refractivity contribution in [3.63, 3.8) is 0 Å². The smallest absolute Gasteiger partial charge is 0.317 e. The summed E-state index contributed by atoms with van der Waals surface area (Å²) < 4.78 is 11.9. The molecular formula is C13H23N3O3. The summed E-state index contributed by atoms with van der Waals surface area (Å²) in [5.74, 6) is 0. The lowest BCUT2D eigenvalue weighted by molar-refractivity contribution is -0.0235. The molecule has 0 radical (unpaired) electrons. The molecule has 0 aromatic carbocycles. The molecule has 6 heteroatoms. The molecule has 1 atom stereocenters. The molecule has 3 rings (SSSR count). The van der Waals surface area contributed by atoms with E-state index in [0.29, 0.717) is 19.8 Å². The first-order valence-electron chi connectivity index (χ1n) is 7.27. The van der Waals surface area contributed by atoms with Gasteiger partial charge in [0.05, 0.1) is 24.9 Å². The number of carbonyl (C=O) groups is 1. The second kappa shape index (κ2) is 5.64. The molecule has 3 aliphatic rings. The van der Waals surface area contributed by atoms with Crippen molar-refractivity contribution in [3.8, 4) is 0 Å². The minimum atomic E-state index is 0.0288. The number of carbonyl (C=O) groups excluding carboxylic acids is 1. The molecule has 1 unspecified atom stereocenters. The van der Waals surface area contributed by atoms with E-state index in [9.17, 15) is 4.79 Å². The summed E-state index contributed by atoms with van der Waals surface area (Å²) in [4.78, 5) is 13.2. The van der Waals surface area contributed by atoms with Crippen LogP contribution in [0.4, 0.5) is 4.79 Å². The van der Waals surface area contributed by atoms with Crippen LogP contribution < -0.4 is 10.6 Å². The topological polar surface area (TPSA) is 62.8 Å². The molecule has 108 valence electrons. The second-order valence-electron chi connectivity index (χ2n) is 5.66. The van der Waals surface area contributed by atoms with Gasteiger partial charge in [-0.1, -0.05) is 0 Å². The largest absolute Gasteiger partial charge is 0.374 e. The van der Waals surface area contributed by atoms with Crippen LogP contribution in [0.1, 0.15) is 19.3 Å². The third-order valence-electron chi connectivity index (χ3n) is 4.35. The van der Waals surface area contributed by atoms with Crippen LogP contribution in [0.5, 0.6) is 0 Å². The van der Waals surface area contributed by atoms with Gasteiger partial charge in [0.25, 0.3) is 0 Å². The monoisotopic (exact) mass is 269 g/mol. The van der Waals surface area contributed by atoms with Crippen LogP contribution in [0.3, 0.4) is 0 Å². The molecule has 3 heterocycles. The summed E-state index contributed by atoms with van der Waals surface area (Å²) in [7, 11) is 0. The Hall–Kier alpha value is -0.850. The standard InChI is InChI=1S/C13H23N3O3/c17-12-15-5-6-16(12)7-8-18-11-9-13(19-10-11)1-3-14-4-2-13/h11,14H,1-10H2,(H,15,17). The van der Waals surface area contributed by atoms with Crippen LogP contribution in [-0.4, -0.2) is 68.6 Å². The highest BCUT2D eigenvalue weighted by molar-refractivity contribution is 5.76. The molecule has 1 spiro atoms. The van der Waals surface area contributed by atoms with E-state index in [2.05, 4.69) is 10.6 Å². The Labute approximate surface area is 113 Å². The molecular weight excluding hydrogens is 246 g/mol. The van der Waals surface area contributed by atoms with E-state index in [-0.39, 0.29) is 17.7 Å². The summed E-state index contributed by atoms with van der Waals surface area (Å²) in [6.07, 6.45) is 3.37. The number of hydrogen-bond donors (Lipinski definition) is 2. The average Bonchev–Trinajstić information content (AvgIpc) is 2.99. The van der Waals surface area contributed by atoms with Crippen molar-refractivity contribution < 1.29 is 14.3 Å². The third kappa shape index (κ3) is 3.01. The predicted molar refractivity (Wildman–Crippen MR) is 70.1 cm³/mol. The Bertz CT molecular complexity index is 331. The van der Waals surface area contributed by atoms with Crippen molar-refractivity contribution in [3.05, 3.63) is 0 Å². The quantitative estimate of drug-likeness (QED) is 0.750. The van der Waals surface area contributed by atoms with Crippen molar-refractivity contribution in [1.29, 1.82) is 0 Å². The van der Waals surface area contributed by atoms with Gasteiger partial charge in [0.1, 0.15) is 0 Å². The number of ether oxygens (including phenoxy) is 2. The van der Waals surface area contributed by atoms with Gasteiger partial charge in [-0.3, -0.25) is 0 Å². The van der Waals surface area contributed by atoms with Gasteiger partial charge >= 0.3 is 6.03 Å². The van der Waals surface area contributed by atoms with E-state index >= 15 is 0 Å². The van der Waals surface area contributed by atoms with E-state index < -0.39 is 0 Å². The third-order valence-corrected chi connectivity index (χ3v) is 4.35. The fourth-order valence-corrected chi connectivity index (χ4v) is 3.19. The Kier molecular flexibility index (Phi) is 3.91. The van der Waals surface area contributed by atoms with Crippen LogP contribution >= 0.6 is 0 Å². The molecule has 2 N–H and O–H groups in total. The van der Waals surface area contributed by atoms with E-state index in [1.54, 1.807) is 4.90 Å². The molecule has 0 saturated carbocycles. The Morgan fingerprint density at radius 3 is 2.95 bits per heavy atom. The number of nitrogens with one attached hydrogen (secondary N) is 2. The number of rotatable bonds is 4. The molecule has 6 nitrogen and oxygen atoms in total. The number of piperidine rings is 1. The van der Waals surface area contributed by atoms with Crippen LogP contribution in [0.2, 0.25) is 0 Å². The first kappa shape index (κ1) is 13.1. The molecule has 19 heavy (non-hydrogen) atoms. The van der Waals surface area contributed by atoms with Gasteiger partial charge in [0, 0.05) is 26.1 Å². The van der Waals surface area contributed by atoms with E-state index in [0.717, 1.165) is 45.4 Å². The molecule has 0 bridgehead atoms. The highest BCUT2D eigenvalue weighted by Crippen LogP contribution is 2.35. The zero-order valence-electron chi connectivity index (χ0n) is 11.3. The lowest BCUT2D eigenvalue weighted by atomic mass is 9.89. The number of nitrogens with zero attached hydrogens (tertiary/aromatic N) is 1. The predicted octanol–water partition coefficient (Wildman–Crippen LogP) is -0.0607. The van der Waals surface area contributed by atoms with Crippen LogP contribution in [-0.2, 0) is 9.47 Å². The fraction of sp³-hybridized carbons (Fsp3) is 0.923. The van der Waals surface area contributed by atoms with Gasteiger partial charge in [0.2, 0.25) is 0 Å². The lowest BCUT2D eigenvalue weighted by Gasteiger charge is -2.32. The number of amides is 2. The van der Waals surface area contributed by atoms with Crippen molar-refractivity contribution in [2.24, 2.45) is 0 Å². The van der Waals surface area contributed by atoms with Gasteiger partial charge in [-0.15, -0.1) is 0 Å². The first-order chi connectivity index (χ1) is 9.27. The van der Waals surface area contributed by atoms with Gasteiger partial charge in [-0.25, -0.2) is 4.79 Å². The van der Waals surface area contributed by atoms with Crippen molar-refractivity contribution in [2.75, 3.05) is 45.9 Å². The minimum Gasteiger partial charge on any atom is -0.374 e. The second-order valence-corrected chi connectivity index (χ2v) is 5.66. The Morgan fingerprint density at radius 2 is 2.21 bits per heavy atom. The van der Waals surface area contributed by atoms with E-state index in [1.807, 2.05) is 0 Å². The van der Waals surface area contributed by atoms with Gasteiger partial charge in [-0.05, 0) is 25.9 Å². The van der Waals surface area contributed by atoms with E-state index in [4.69, 9.17) is 9.47 Å². The van der Waals surface area contributed by atoms with Crippen LogP contribution in [0, 0.1) is 0 Å². The first-order valence-corrected chi connectivity index (χ1v) is 7.27. The molecule has 3 saturated heterocycles. The minimum absolute atomic E-state index is 0.0288. The van der Waals surface area contributed by atoms with Crippen molar-refractivity contribution in [1.82, 2.24) is 15.5 Å². The fourth-order valence-electron chi connectivity index (χ4n) is 3.19. The van der Waals surface area contributed by atoms with E-state index in [1.165, 1.54) is 0 Å². The van der Waals surface area contributed by atoms with Crippen LogP contribution in [0.15, 0.2) is 0 Å². The van der Waals surface area contributed by atoms with Crippen molar-refractivity contribution >= 4 is 6.03 Å². The highest BCUT2D eigenvalue weighted by atomic mass is 16.6. The van der Waals surface area contributed by atoms with Gasteiger partial charge in [0.15, 0.2) is 0 Å². The number of urea groups is 1. The highest BCUT2D eigenvalue weighted by Gasteiger charge is 2.41. The lowest BCUT2D eigenvalue weighted by Crippen LogP contribution is -2.41. The van der Waals surface area contributed by atoms with Crippen molar-refractivity contribution in [2.45, 2.75) is 31.0 Å². The molecule has 2 amide bonds. The molecule has 0 aromatic heterocycles. The Morgan fingerprint density at radius 1 is 1.37 bits per heavy atom. The zero-order valence-corrected chi connectivity index (χ0v) is 11.3. The van der Waals surface area contributed by atoms with Crippen LogP contribution in [0.25, 0.3) is 0 Å². The number of hydrogen-bond acceptors (Lipinski definition) is 4. The molecule has 3 aliphatic heterocycles. The SMILES string of the molecule is O=C1NCCN1CCOC1COC2(CCNCC2)C1. The van der Waals surface area contributed by atoms with Gasteiger partial charge in [-0.2, -0.15) is 0 Å². The summed E-state index contributed by atoms with van der Waals surface area (Å²) in [6.45, 7) is 5.61. The zero-order chi connectivity index (χ0) is 13.1. The average molecular weight is 269 g/mol. The normalized spacial score (nSPS) is 30.0. The Balaban J connectivity index is 1.38. The summed E-state index contributed by atoms with van der Waals surface area (Å²) >= 11 is 0. The maximum absolute atomic E-state index is 11.4. The molecule has 3 fully saturated rings. The van der Waals surface area contributed by atoms with Gasteiger partial charge < -0.3 is 25.0 Å². The molecule has 0 aromatic rings. The molecule has 0 aliphatic carbocycles. The summed E-state index contributed by atoms with van der Waals surface area (Å²) in [5.41, 5.74) is 0.0565. The summed E-state index contributed by atoms with van der Waals surface area (Å²) in [5, 5.41) is 6.16. The maximum Gasteiger partial charge on any atom is 0.317 e.